The van der Waals surface area contributed by atoms with Crippen LogP contribution >= 0.6 is 15.9 Å². The summed E-state index contributed by atoms with van der Waals surface area (Å²) in [5.41, 5.74) is 3.20. The molecule has 0 aliphatic rings. The Bertz CT molecular complexity index is 696. The molecule has 2 rings (SSSR count). The second-order valence-corrected chi connectivity index (χ2v) is 5.60. The third-order valence-corrected chi connectivity index (χ3v) is 3.92. The number of nitrogens with one attached hydrogen (secondary N) is 2. The van der Waals surface area contributed by atoms with Crippen LogP contribution in [0, 0.1) is 20.8 Å². The van der Waals surface area contributed by atoms with E-state index in [1.54, 1.807) is 13.1 Å². The van der Waals surface area contributed by atoms with Crippen LogP contribution in [0.1, 0.15) is 35.6 Å². The van der Waals surface area contributed by atoms with E-state index in [2.05, 4.69) is 36.2 Å². The number of H-pyrrole nitrogens is 1. The van der Waals surface area contributed by atoms with Crippen molar-refractivity contribution in [2.24, 2.45) is 0 Å². The summed E-state index contributed by atoms with van der Waals surface area (Å²) in [4.78, 5) is 23.3. The van der Waals surface area contributed by atoms with E-state index in [4.69, 9.17) is 0 Å². The molecule has 0 bridgehead atoms. The summed E-state index contributed by atoms with van der Waals surface area (Å²) < 4.78 is 0.821. The number of aryl methyl sites for hydroxylation is 3. The van der Waals surface area contributed by atoms with Gasteiger partial charge in [0.05, 0.1) is 29.2 Å². The van der Waals surface area contributed by atoms with Crippen LogP contribution in [0.5, 0.6) is 0 Å². The predicted octanol–water partition coefficient (Wildman–Crippen LogP) is 3.03. The smallest absolute Gasteiger partial charge is 0.256 e. The van der Waals surface area contributed by atoms with E-state index in [1.165, 1.54) is 0 Å². The molecule has 2 aromatic rings. The Hall–Kier alpha value is -1.69. The summed E-state index contributed by atoms with van der Waals surface area (Å²) in [5.74, 6) is 0.629. The summed E-state index contributed by atoms with van der Waals surface area (Å²) in [6, 6.07) is 1.84. The van der Waals surface area contributed by atoms with Gasteiger partial charge < -0.3 is 10.3 Å². The fourth-order valence-corrected chi connectivity index (χ4v) is 2.42. The van der Waals surface area contributed by atoms with Gasteiger partial charge in [-0.15, -0.1) is 0 Å². The van der Waals surface area contributed by atoms with Crippen LogP contribution in [0.15, 0.2) is 21.7 Å². The molecule has 0 aliphatic carbocycles. The van der Waals surface area contributed by atoms with Crippen molar-refractivity contribution >= 4 is 21.6 Å². The van der Waals surface area contributed by atoms with Gasteiger partial charge in [-0.05, 0) is 55.3 Å². The van der Waals surface area contributed by atoms with Crippen molar-refractivity contribution in [2.75, 3.05) is 5.32 Å². The Morgan fingerprint density at radius 1 is 1.35 bits per heavy atom. The van der Waals surface area contributed by atoms with Gasteiger partial charge in [-0.25, -0.2) is 9.97 Å². The van der Waals surface area contributed by atoms with Crippen LogP contribution in [0.25, 0.3) is 0 Å². The lowest BCUT2D eigenvalue weighted by Gasteiger charge is -2.17. The van der Waals surface area contributed by atoms with Crippen molar-refractivity contribution < 1.29 is 0 Å². The Morgan fingerprint density at radius 3 is 2.65 bits per heavy atom. The van der Waals surface area contributed by atoms with Gasteiger partial charge in [-0.3, -0.25) is 4.79 Å². The van der Waals surface area contributed by atoms with E-state index < -0.39 is 0 Å². The topological polar surface area (TPSA) is 70.7 Å². The second-order valence-electron chi connectivity index (χ2n) is 4.85. The zero-order valence-corrected chi connectivity index (χ0v) is 13.5. The molecule has 5 nitrogen and oxygen atoms in total. The molecule has 0 saturated carbocycles. The third kappa shape index (κ3) is 3.07. The minimum absolute atomic E-state index is 0.100. The van der Waals surface area contributed by atoms with Crippen LogP contribution in [0.3, 0.4) is 0 Å². The van der Waals surface area contributed by atoms with E-state index in [-0.39, 0.29) is 11.6 Å². The summed E-state index contributed by atoms with van der Waals surface area (Å²) in [5, 5.41) is 3.28. The molecule has 0 fully saturated rings. The molecule has 0 saturated heterocycles. The van der Waals surface area contributed by atoms with Crippen molar-refractivity contribution in [1.29, 1.82) is 0 Å². The van der Waals surface area contributed by atoms with Crippen LogP contribution in [0.4, 0.5) is 5.69 Å². The van der Waals surface area contributed by atoms with Gasteiger partial charge in [-0.2, -0.15) is 0 Å². The quantitative estimate of drug-likeness (QED) is 0.845. The van der Waals surface area contributed by atoms with Crippen LogP contribution < -0.4 is 10.9 Å². The number of nitrogens with zero attached hydrogens (tertiary/aromatic N) is 2. The second kappa shape index (κ2) is 5.75. The zero-order valence-electron chi connectivity index (χ0n) is 11.9. The van der Waals surface area contributed by atoms with Crippen LogP contribution in [0.2, 0.25) is 0 Å². The van der Waals surface area contributed by atoms with Crippen molar-refractivity contribution in [3.63, 3.8) is 0 Å². The molecule has 2 heterocycles. The third-order valence-electron chi connectivity index (χ3n) is 3.09. The number of pyridine rings is 1. The molecule has 0 amide bonds. The maximum absolute atomic E-state index is 12.1. The van der Waals surface area contributed by atoms with Crippen molar-refractivity contribution in [2.45, 2.75) is 33.7 Å². The lowest BCUT2D eigenvalue weighted by molar-refractivity contribution is 0.812. The van der Waals surface area contributed by atoms with Gasteiger partial charge in [0, 0.05) is 0 Å². The van der Waals surface area contributed by atoms with E-state index in [0.717, 1.165) is 21.5 Å². The molecule has 0 aromatic carbocycles. The maximum atomic E-state index is 12.1. The van der Waals surface area contributed by atoms with Crippen molar-refractivity contribution in [3.8, 4) is 0 Å². The Morgan fingerprint density at radius 2 is 2.05 bits per heavy atom. The normalized spacial score (nSPS) is 12.2. The SMILES string of the molecule is Cc1nc(C)c(C(C)Nc2cnc(Br)c(C)c2)c(=O)[nH]1. The van der Waals surface area contributed by atoms with E-state index in [1.807, 2.05) is 26.8 Å². The van der Waals surface area contributed by atoms with Gasteiger partial charge in [-0.1, -0.05) is 0 Å². The Balaban J connectivity index is 2.30. The van der Waals surface area contributed by atoms with Crippen LogP contribution in [-0.4, -0.2) is 15.0 Å². The number of anilines is 1. The number of hydrogen-bond donors (Lipinski definition) is 2. The maximum Gasteiger partial charge on any atom is 0.256 e. The highest BCUT2D eigenvalue weighted by molar-refractivity contribution is 9.10. The first-order chi connectivity index (χ1) is 9.38. The van der Waals surface area contributed by atoms with Gasteiger partial charge in [0.1, 0.15) is 10.4 Å². The van der Waals surface area contributed by atoms with E-state index in [0.29, 0.717) is 11.4 Å². The highest BCUT2D eigenvalue weighted by atomic mass is 79.9. The minimum Gasteiger partial charge on any atom is -0.377 e. The molecular weight excluding hydrogens is 320 g/mol. The van der Waals surface area contributed by atoms with E-state index >= 15 is 0 Å². The van der Waals surface area contributed by atoms with Gasteiger partial charge in [0.2, 0.25) is 0 Å². The molecule has 6 heteroatoms. The molecule has 1 unspecified atom stereocenters. The summed E-state index contributed by atoms with van der Waals surface area (Å²) in [7, 11) is 0. The number of aromatic nitrogens is 3. The first-order valence-corrected chi connectivity index (χ1v) is 7.14. The van der Waals surface area contributed by atoms with Gasteiger partial charge in [0.25, 0.3) is 5.56 Å². The minimum atomic E-state index is -0.144. The molecule has 2 N–H and O–H groups in total. The number of rotatable bonds is 3. The summed E-state index contributed by atoms with van der Waals surface area (Å²) >= 11 is 3.37. The van der Waals surface area contributed by atoms with Gasteiger partial charge >= 0.3 is 0 Å². The average Bonchev–Trinajstić information content (AvgIpc) is 2.32. The predicted molar refractivity (Wildman–Crippen MR) is 83.0 cm³/mol. The van der Waals surface area contributed by atoms with E-state index in [9.17, 15) is 4.79 Å². The Kier molecular flexibility index (Phi) is 4.23. The number of hydrogen-bond acceptors (Lipinski definition) is 4. The first-order valence-electron chi connectivity index (χ1n) is 6.34. The van der Waals surface area contributed by atoms with Gasteiger partial charge in [0.15, 0.2) is 0 Å². The average molecular weight is 337 g/mol. The molecule has 0 radical (unpaired) electrons. The molecule has 0 spiro atoms. The number of aromatic amines is 1. The molecule has 2 aromatic heterocycles. The number of halogens is 1. The molecule has 1 atom stereocenters. The zero-order chi connectivity index (χ0) is 14.9. The summed E-state index contributed by atoms with van der Waals surface area (Å²) in [6.45, 7) is 7.53. The molecule has 0 aliphatic heterocycles. The van der Waals surface area contributed by atoms with Crippen LogP contribution in [-0.2, 0) is 0 Å². The standard InChI is InChI=1S/C14H17BrN4O/c1-7-5-11(6-16-13(7)15)18-9(3)12-8(2)17-10(4)19-14(12)20/h5-6,9,18H,1-4H3,(H,17,19,20). The highest BCUT2D eigenvalue weighted by Crippen LogP contribution is 2.21. The fourth-order valence-electron chi connectivity index (χ4n) is 2.20. The highest BCUT2D eigenvalue weighted by Gasteiger charge is 2.14. The Labute approximate surface area is 126 Å². The molecular formula is C14H17BrN4O. The molecule has 20 heavy (non-hydrogen) atoms. The lowest BCUT2D eigenvalue weighted by Crippen LogP contribution is -2.23. The largest absolute Gasteiger partial charge is 0.377 e. The molecule has 106 valence electrons. The summed E-state index contributed by atoms with van der Waals surface area (Å²) in [6.07, 6.45) is 1.73. The fraction of sp³-hybridized carbons (Fsp3) is 0.357. The first kappa shape index (κ1) is 14.7. The monoisotopic (exact) mass is 336 g/mol. The lowest BCUT2D eigenvalue weighted by atomic mass is 10.1. The van der Waals surface area contributed by atoms with Crippen molar-refractivity contribution in [1.82, 2.24) is 15.0 Å². The van der Waals surface area contributed by atoms with Crippen molar-refractivity contribution in [3.05, 3.63) is 49.9 Å².